The molecule has 3 aromatic rings. The fraction of sp³-hybridized carbons (Fsp3) is 0.417. The summed E-state index contributed by atoms with van der Waals surface area (Å²) in [6, 6.07) is 16.9. The van der Waals surface area contributed by atoms with Crippen molar-refractivity contribution >= 4 is 41.0 Å². The fourth-order valence-electron chi connectivity index (χ4n) is 3.20. The molecule has 1 aromatic heterocycles. The van der Waals surface area contributed by atoms with Gasteiger partial charge in [0.25, 0.3) is 0 Å². The molecule has 7 heteroatoms. The summed E-state index contributed by atoms with van der Waals surface area (Å²) in [6.07, 6.45) is 2.87. The highest BCUT2D eigenvalue weighted by atomic mass is 127. The van der Waals surface area contributed by atoms with E-state index < -0.39 is 0 Å². The first kappa shape index (κ1) is 25.1. The minimum Gasteiger partial charge on any atom is -0.381 e. The summed E-state index contributed by atoms with van der Waals surface area (Å²) in [7, 11) is 1.79. The van der Waals surface area contributed by atoms with Gasteiger partial charge in [0.15, 0.2) is 5.96 Å². The maximum absolute atomic E-state index is 5.61. The van der Waals surface area contributed by atoms with Crippen LogP contribution in [0.3, 0.4) is 0 Å². The van der Waals surface area contributed by atoms with Crippen LogP contribution in [-0.4, -0.2) is 42.3 Å². The van der Waals surface area contributed by atoms with Crippen molar-refractivity contribution in [1.82, 2.24) is 20.2 Å². The average Bonchev–Trinajstić information content (AvgIpc) is 3.16. The van der Waals surface area contributed by atoms with Gasteiger partial charge in [0.05, 0.1) is 17.4 Å². The van der Waals surface area contributed by atoms with Gasteiger partial charge in [-0.05, 0) is 35.6 Å². The third-order valence-electron chi connectivity index (χ3n) is 4.80. The number of ether oxygens (including phenoxy) is 1. The number of fused-ring (bicyclic) bond motifs is 1. The number of imidazole rings is 1. The van der Waals surface area contributed by atoms with Crippen molar-refractivity contribution in [1.29, 1.82) is 0 Å². The Morgan fingerprint density at radius 1 is 1.06 bits per heavy atom. The van der Waals surface area contributed by atoms with Crippen LogP contribution < -0.4 is 10.6 Å². The summed E-state index contributed by atoms with van der Waals surface area (Å²) < 4.78 is 7.79. The number of aromatic nitrogens is 2. The first-order chi connectivity index (χ1) is 14.7. The summed E-state index contributed by atoms with van der Waals surface area (Å²) in [5.41, 5.74) is 4.67. The first-order valence-electron chi connectivity index (χ1n) is 10.7. The molecule has 0 bridgehead atoms. The fourth-order valence-corrected chi connectivity index (χ4v) is 3.20. The monoisotopic (exact) mass is 535 g/mol. The van der Waals surface area contributed by atoms with Gasteiger partial charge in [-0.3, -0.25) is 4.99 Å². The van der Waals surface area contributed by atoms with Gasteiger partial charge >= 0.3 is 0 Å². The van der Waals surface area contributed by atoms with E-state index in [1.165, 1.54) is 11.1 Å². The molecule has 1 heterocycles. The third-order valence-corrected chi connectivity index (χ3v) is 4.80. The van der Waals surface area contributed by atoms with E-state index >= 15 is 0 Å². The summed E-state index contributed by atoms with van der Waals surface area (Å²) in [6.45, 7) is 8.31. The van der Waals surface area contributed by atoms with Crippen molar-refractivity contribution in [3.05, 3.63) is 66.0 Å². The molecule has 0 aliphatic rings. The number of rotatable bonds is 10. The lowest BCUT2D eigenvalue weighted by atomic mass is 10.1. The van der Waals surface area contributed by atoms with E-state index in [0.29, 0.717) is 5.92 Å². The number of guanidine groups is 1. The molecule has 0 unspecified atom stereocenters. The van der Waals surface area contributed by atoms with Crippen molar-refractivity contribution in [3.8, 4) is 0 Å². The van der Waals surface area contributed by atoms with Crippen LogP contribution in [0, 0.1) is 5.92 Å². The van der Waals surface area contributed by atoms with E-state index in [2.05, 4.69) is 75.4 Å². The van der Waals surface area contributed by atoms with Crippen molar-refractivity contribution in [2.75, 3.05) is 26.8 Å². The van der Waals surface area contributed by atoms with Gasteiger partial charge in [-0.15, -0.1) is 24.0 Å². The topological polar surface area (TPSA) is 63.5 Å². The SMILES string of the molecule is CN=C(NCCCOCC(C)C)NCc1ccc(Cn2cnc3ccccc32)cc1.I. The Kier molecular flexibility index (Phi) is 10.8. The highest BCUT2D eigenvalue weighted by molar-refractivity contribution is 14.0. The Labute approximate surface area is 202 Å². The molecule has 6 nitrogen and oxygen atoms in total. The molecule has 0 saturated heterocycles. The number of nitrogens with one attached hydrogen (secondary N) is 2. The third kappa shape index (κ3) is 8.14. The molecular formula is C24H34IN5O. The molecule has 0 aliphatic heterocycles. The van der Waals surface area contributed by atoms with Crippen LogP contribution in [0.25, 0.3) is 11.0 Å². The maximum atomic E-state index is 5.61. The minimum atomic E-state index is 0. The number of hydrogen-bond donors (Lipinski definition) is 2. The van der Waals surface area contributed by atoms with Crippen molar-refractivity contribution in [3.63, 3.8) is 0 Å². The normalized spacial score (nSPS) is 11.5. The van der Waals surface area contributed by atoms with Gasteiger partial charge in [-0.25, -0.2) is 4.98 Å². The Bertz CT molecular complexity index is 937. The van der Waals surface area contributed by atoms with Gasteiger partial charge in [0.2, 0.25) is 0 Å². The number of aliphatic imine (C=N–C) groups is 1. The molecule has 2 N–H and O–H groups in total. The molecule has 3 rings (SSSR count). The molecule has 0 spiro atoms. The Balaban J connectivity index is 0.00000341. The Hall–Kier alpha value is -2.13. The van der Waals surface area contributed by atoms with E-state index in [4.69, 9.17) is 4.74 Å². The number of para-hydroxylation sites is 2. The number of nitrogens with zero attached hydrogens (tertiary/aromatic N) is 3. The highest BCUT2D eigenvalue weighted by Crippen LogP contribution is 2.14. The zero-order valence-electron chi connectivity index (χ0n) is 18.7. The lowest BCUT2D eigenvalue weighted by Gasteiger charge is -2.13. The minimum absolute atomic E-state index is 0. The lowest BCUT2D eigenvalue weighted by Crippen LogP contribution is -2.37. The molecule has 0 saturated carbocycles. The molecular weight excluding hydrogens is 501 g/mol. The first-order valence-corrected chi connectivity index (χ1v) is 10.7. The molecule has 168 valence electrons. The van der Waals surface area contributed by atoms with Gasteiger partial charge in [-0.1, -0.05) is 50.2 Å². The molecule has 0 fully saturated rings. The van der Waals surface area contributed by atoms with Gasteiger partial charge in [0, 0.05) is 39.9 Å². The summed E-state index contributed by atoms with van der Waals surface area (Å²) in [4.78, 5) is 8.75. The van der Waals surface area contributed by atoms with Crippen LogP contribution >= 0.6 is 24.0 Å². The summed E-state index contributed by atoms with van der Waals surface area (Å²) >= 11 is 0. The molecule has 0 amide bonds. The smallest absolute Gasteiger partial charge is 0.191 e. The second-order valence-electron chi connectivity index (χ2n) is 7.85. The van der Waals surface area contributed by atoms with Crippen LogP contribution in [0.5, 0.6) is 0 Å². The van der Waals surface area contributed by atoms with Gasteiger partial charge in [-0.2, -0.15) is 0 Å². The Morgan fingerprint density at radius 2 is 1.81 bits per heavy atom. The number of halogens is 1. The van der Waals surface area contributed by atoms with Crippen molar-refractivity contribution in [2.24, 2.45) is 10.9 Å². The zero-order chi connectivity index (χ0) is 21.2. The van der Waals surface area contributed by atoms with Gasteiger partial charge < -0.3 is 19.9 Å². The predicted octanol–water partition coefficient (Wildman–Crippen LogP) is 4.43. The van der Waals surface area contributed by atoms with Crippen LogP contribution in [0.4, 0.5) is 0 Å². The highest BCUT2D eigenvalue weighted by Gasteiger charge is 2.03. The van der Waals surface area contributed by atoms with Crippen molar-refractivity contribution in [2.45, 2.75) is 33.4 Å². The summed E-state index contributed by atoms with van der Waals surface area (Å²) in [5.74, 6) is 1.39. The molecule has 2 aromatic carbocycles. The van der Waals surface area contributed by atoms with Crippen LogP contribution in [-0.2, 0) is 17.8 Å². The number of benzene rings is 2. The molecule has 31 heavy (non-hydrogen) atoms. The zero-order valence-corrected chi connectivity index (χ0v) is 21.0. The van der Waals surface area contributed by atoms with E-state index in [1.54, 1.807) is 7.05 Å². The average molecular weight is 535 g/mol. The standard InChI is InChI=1S/C24H33N5O.HI/c1-19(2)17-30-14-6-13-26-24(25-3)27-15-20-9-11-21(12-10-20)16-29-18-28-22-7-4-5-8-23(22)29;/h4-5,7-12,18-19H,6,13-17H2,1-3H3,(H2,25,26,27);1H. The maximum Gasteiger partial charge on any atom is 0.191 e. The predicted molar refractivity (Wildman–Crippen MR) is 139 cm³/mol. The van der Waals surface area contributed by atoms with Crippen LogP contribution in [0.15, 0.2) is 59.9 Å². The molecule has 0 atom stereocenters. The van der Waals surface area contributed by atoms with E-state index in [1.807, 2.05) is 18.5 Å². The largest absolute Gasteiger partial charge is 0.381 e. The van der Waals surface area contributed by atoms with E-state index in [9.17, 15) is 0 Å². The Morgan fingerprint density at radius 3 is 2.55 bits per heavy atom. The quantitative estimate of drug-likeness (QED) is 0.175. The van der Waals surface area contributed by atoms with Crippen LogP contribution in [0.2, 0.25) is 0 Å². The molecule has 0 aliphatic carbocycles. The van der Waals surface area contributed by atoms with Crippen molar-refractivity contribution < 1.29 is 4.74 Å². The second kappa shape index (κ2) is 13.3. The van der Waals surface area contributed by atoms with E-state index in [-0.39, 0.29) is 24.0 Å². The second-order valence-corrected chi connectivity index (χ2v) is 7.85. The number of hydrogen-bond acceptors (Lipinski definition) is 3. The lowest BCUT2D eigenvalue weighted by molar-refractivity contribution is 0.108. The molecule has 0 radical (unpaired) electrons. The summed E-state index contributed by atoms with van der Waals surface area (Å²) in [5, 5.41) is 6.70. The van der Waals surface area contributed by atoms with Crippen LogP contribution in [0.1, 0.15) is 31.4 Å². The van der Waals surface area contributed by atoms with E-state index in [0.717, 1.165) is 56.3 Å². The van der Waals surface area contributed by atoms with Gasteiger partial charge in [0.1, 0.15) is 0 Å².